The van der Waals surface area contributed by atoms with Crippen LogP contribution in [0.3, 0.4) is 0 Å². The Bertz CT molecular complexity index is 1190. The van der Waals surface area contributed by atoms with Crippen molar-refractivity contribution in [3.05, 3.63) is 46.8 Å². The number of aliphatic carboxylic acids is 2. The van der Waals surface area contributed by atoms with Gasteiger partial charge in [0, 0.05) is 6.07 Å². The molecule has 0 bridgehead atoms. The van der Waals surface area contributed by atoms with Crippen LogP contribution in [0, 0.1) is 0 Å². The van der Waals surface area contributed by atoms with Gasteiger partial charge in [-0.3, -0.25) is 4.79 Å². The van der Waals surface area contributed by atoms with Crippen LogP contribution in [0.2, 0.25) is 0 Å². The first-order valence-corrected chi connectivity index (χ1v) is 8.22. The average Bonchev–Trinajstić information content (AvgIpc) is 2.69. The highest BCUT2D eigenvalue weighted by Gasteiger charge is 2.35. The summed E-state index contributed by atoms with van der Waals surface area (Å²) >= 11 is 0. The van der Waals surface area contributed by atoms with Gasteiger partial charge in [-0.1, -0.05) is 12.1 Å². The summed E-state index contributed by atoms with van der Waals surface area (Å²) in [5.41, 5.74) is -0.957. The molecule has 3 rings (SSSR count). The molecule has 0 saturated heterocycles. The molecule has 0 aliphatic carbocycles. The van der Waals surface area contributed by atoms with E-state index in [1.807, 2.05) is 0 Å². The number of aromatic hydroxyl groups is 3. The topological polar surface area (TPSA) is 195 Å². The van der Waals surface area contributed by atoms with Crippen LogP contribution < -0.4 is 10.2 Å². The van der Waals surface area contributed by atoms with Gasteiger partial charge in [-0.25, -0.2) is 9.59 Å². The molecule has 11 nitrogen and oxygen atoms in total. The van der Waals surface area contributed by atoms with Crippen LogP contribution in [0.5, 0.6) is 23.0 Å². The van der Waals surface area contributed by atoms with Crippen molar-refractivity contribution < 1.29 is 49.4 Å². The second kappa shape index (κ2) is 7.64. The van der Waals surface area contributed by atoms with Gasteiger partial charge in [0.1, 0.15) is 23.1 Å². The van der Waals surface area contributed by atoms with Crippen LogP contribution in [0.4, 0.5) is 0 Å². The predicted molar refractivity (Wildman–Crippen MR) is 98.6 cm³/mol. The lowest BCUT2D eigenvalue weighted by molar-refractivity contribution is -0.163. The summed E-state index contributed by atoms with van der Waals surface area (Å²) in [5.74, 6) is -6.15. The first kappa shape index (κ1) is 20.5. The van der Waals surface area contributed by atoms with Crippen molar-refractivity contribution in [3.63, 3.8) is 0 Å². The Morgan fingerprint density at radius 2 is 1.63 bits per heavy atom. The highest BCUT2D eigenvalue weighted by molar-refractivity contribution is 5.93. The highest BCUT2D eigenvalue weighted by Crippen LogP contribution is 2.40. The van der Waals surface area contributed by atoms with Crippen molar-refractivity contribution >= 4 is 22.9 Å². The van der Waals surface area contributed by atoms with Crippen molar-refractivity contribution in [2.75, 3.05) is 0 Å². The quantitative estimate of drug-likeness (QED) is 0.311. The van der Waals surface area contributed by atoms with E-state index in [0.717, 1.165) is 6.26 Å². The molecule has 3 aromatic rings. The summed E-state index contributed by atoms with van der Waals surface area (Å²) in [5, 5.41) is 56.8. The summed E-state index contributed by atoms with van der Waals surface area (Å²) in [4.78, 5) is 34.8. The monoisotopic (exact) mass is 418 g/mol. The molecule has 0 amide bonds. The number of aliphatic hydroxyl groups excluding tert-OH is 1. The Labute approximate surface area is 166 Å². The number of ether oxygens (including phenoxy) is 1. The SMILES string of the molecule is O=C(O)[C@@H](O)[C@@H](Oc1cc(O)c2c(=O)c(-c3ccc(O)cc3)coc2c1O)C(=O)O. The fourth-order valence-electron chi connectivity index (χ4n) is 2.70. The second-order valence-corrected chi connectivity index (χ2v) is 6.13. The molecule has 2 aromatic carbocycles. The van der Waals surface area contributed by atoms with Crippen LogP contribution in [0.25, 0.3) is 22.1 Å². The summed E-state index contributed by atoms with van der Waals surface area (Å²) in [6.45, 7) is 0. The normalized spacial score (nSPS) is 13.0. The van der Waals surface area contributed by atoms with Gasteiger partial charge >= 0.3 is 11.9 Å². The van der Waals surface area contributed by atoms with Gasteiger partial charge in [0.15, 0.2) is 17.4 Å². The first-order chi connectivity index (χ1) is 14.1. The lowest BCUT2D eigenvalue weighted by atomic mass is 10.0. The number of phenolic OH excluding ortho intramolecular Hbond substituents is 3. The molecular weight excluding hydrogens is 404 g/mol. The van der Waals surface area contributed by atoms with E-state index in [9.17, 15) is 34.8 Å². The second-order valence-electron chi connectivity index (χ2n) is 6.13. The molecular formula is C19H14O11. The van der Waals surface area contributed by atoms with Gasteiger partial charge in [-0.15, -0.1) is 0 Å². The van der Waals surface area contributed by atoms with E-state index in [2.05, 4.69) is 0 Å². The van der Waals surface area contributed by atoms with Gasteiger partial charge in [-0.05, 0) is 17.7 Å². The van der Waals surface area contributed by atoms with Gasteiger partial charge in [0.05, 0.1) is 5.56 Å². The van der Waals surface area contributed by atoms with E-state index < -0.39 is 57.8 Å². The van der Waals surface area contributed by atoms with Crippen molar-refractivity contribution in [2.45, 2.75) is 12.2 Å². The summed E-state index contributed by atoms with van der Waals surface area (Å²) < 4.78 is 10.1. The lowest BCUT2D eigenvalue weighted by Gasteiger charge is -2.19. The molecule has 11 heteroatoms. The van der Waals surface area contributed by atoms with Gasteiger partial charge in [0.2, 0.25) is 17.3 Å². The number of rotatable bonds is 6. The van der Waals surface area contributed by atoms with E-state index >= 15 is 0 Å². The van der Waals surface area contributed by atoms with E-state index in [-0.39, 0.29) is 11.3 Å². The standard InChI is InChI=1S/C19H14O11/c20-8-3-1-7(2-4-8)9-6-29-16-12(13(9)22)10(21)5-11(14(16)23)30-17(19(27)28)15(24)18(25)26/h1-6,15,17,20-21,23-24H,(H,25,26)(H,27,28)/t15-,17+/m0/s1. The number of benzene rings is 2. The highest BCUT2D eigenvalue weighted by atomic mass is 16.5. The van der Waals surface area contributed by atoms with Crippen molar-refractivity contribution in [1.82, 2.24) is 0 Å². The number of carboxylic acid groups (broad SMARTS) is 2. The molecule has 0 unspecified atom stereocenters. The Morgan fingerprint density at radius 1 is 1.00 bits per heavy atom. The zero-order valence-electron chi connectivity index (χ0n) is 14.8. The van der Waals surface area contributed by atoms with Crippen LogP contribution in [0.1, 0.15) is 0 Å². The first-order valence-electron chi connectivity index (χ1n) is 8.22. The Kier molecular flexibility index (Phi) is 5.22. The minimum Gasteiger partial charge on any atom is -0.508 e. The van der Waals surface area contributed by atoms with E-state index in [0.29, 0.717) is 11.6 Å². The zero-order valence-corrected chi connectivity index (χ0v) is 14.8. The number of fused-ring (bicyclic) bond motifs is 1. The van der Waals surface area contributed by atoms with Crippen LogP contribution in [0.15, 0.2) is 45.8 Å². The number of carboxylic acids is 2. The number of aliphatic hydroxyl groups is 1. The van der Waals surface area contributed by atoms with Crippen LogP contribution >= 0.6 is 0 Å². The largest absolute Gasteiger partial charge is 0.508 e. The third kappa shape index (κ3) is 3.56. The fraction of sp³-hybridized carbons (Fsp3) is 0.105. The molecule has 0 saturated carbocycles. The van der Waals surface area contributed by atoms with Crippen LogP contribution in [-0.2, 0) is 9.59 Å². The van der Waals surface area contributed by atoms with E-state index in [1.54, 1.807) is 0 Å². The number of hydrogen-bond acceptors (Lipinski definition) is 9. The lowest BCUT2D eigenvalue weighted by Crippen LogP contribution is -2.43. The predicted octanol–water partition coefficient (Wildman–Crippen LogP) is 0.854. The van der Waals surface area contributed by atoms with Crippen LogP contribution in [-0.4, -0.2) is 54.8 Å². The molecule has 6 N–H and O–H groups in total. The summed E-state index contributed by atoms with van der Waals surface area (Å²) in [7, 11) is 0. The van der Waals surface area contributed by atoms with Gasteiger partial charge < -0.3 is 39.8 Å². The molecule has 1 aromatic heterocycles. The number of carbonyl (C=O) groups is 2. The molecule has 0 spiro atoms. The van der Waals surface area contributed by atoms with E-state index in [4.69, 9.17) is 19.4 Å². The van der Waals surface area contributed by atoms with Gasteiger partial charge in [-0.2, -0.15) is 0 Å². The maximum absolute atomic E-state index is 12.8. The average molecular weight is 418 g/mol. The fourth-order valence-corrected chi connectivity index (χ4v) is 2.70. The Balaban J connectivity index is 2.13. The van der Waals surface area contributed by atoms with E-state index in [1.165, 1.54) is 24.3 Å². The molecule has 2 atom stereocenters. The molecule has 30 heavy (non-hydrogen) atoms. The maximum atomic E-state index is 12.8. The molecule has 0 fully saturated rings. The summed E-state index contributed by atoms with van der Waals surface area (Å²) in [6.07, 6.45) is -3.84. The number of phenols is 3. The molecule has 0 radical (unpaired) electrons. The third-order valence-electron chi connectivity index (χ3n) is 4.18. The van der Waals surface area contributed by atoms with Crippen molar-refractivity contribution in [3.8, 4) is 34.1 Å². The molecule has 1 heterocycles. The molecule has 156 valence electrons. The summed E-state index contributed by atoms with van der Waals surface area (Å²) in [6, 6.07) is 6.19. The smallest absolute Gasteiger partial charge is 0.348 e. The third-order valence-corrected chi connectivity index (χ3v) is 4.18. The zero-order chi connectivity index (χ0) is 22.2. The molecule has 0 aliphatic rings. The minimum absolute atomic E-state index is 0.00409. The van der Waals surface area contributed by atoms with Gasteiger partial charge in [0.25, 0.3) is 0 Å². The van der Waals surface area contributed by atoms with Crippen molar-refractivity contribution in [1.29, 1.82) is 0 Å². The Hall–Kier alpha value is -4.25. The van der Waals surface area contributed by atoms with Crippen molar-refractivity contribution in [2.24, 2.45) is 0 Å². The minimum atomic E-state index is -2.48. The molecule has 0 aliphatic heterocycles. The maximum Gasteiger partial charge on any atom is 0.348 e. The number of hydrogen-bond donors (Lipinski definition) is 6. The Morgan fingerprint density at radius 3 is 2.20 bits per heavy atom.